The molecule has 2 saturated heterocycles. The standard InChI is InChI=1S/C34H44N4O6/c1-3-44-34(42)37-21-19-26(20-22-37)35-31(39)30-27(23-13-7-4-8-14-23)28(32(40)43-2)29(24-15-9-5-10-16-24)38(30)33(41)36-25-17-11-6-12-18-25/h4-5,7-10,13-16,25-30H,3,6,11-12,17-22H2,1-2H3,(H,35,39)(H,36,41). The molecule has 0 bridgehead atoms. The molecule has 0 radical (unpaired) electrons. The highest BCUT2D eigenvalue weighted by molar-refractivity contribution is 5.92. The summed E-state index contributed by atoms with van der Waals surface area (Å²) < 4.78 is 10.5. The molecule has 0 aromatic heterocycles. The number of nitrogens with one attached hydrogen (secondary N) is 2. The molecule has 1 saturated carbocycles. The Bertz CT molecular complexity index is 1280. The van der Waals surface area contributed by atoms with Gasteiger partial charge in [-0.2, -0.15) is 0 Å². The van der Waals surface area contributed by atoms with E-state index in [2.05, 4.69) is 10.6 Å². The third-order valence-corrected chi connectivity index (χ3v) is 9.27. The van der Waals surface area contributed by atoms with Crippen LogP contribution in [0, 0.1) is 5.92 Å². The zero-order valence-electron chi connectivity index (χ0n) is 25.7. The normalized spacial score (nSPS) is 24.4. The molecule has 2 aliphatic heterocycles. The molecule has 3 aliphatic rings. The third-order valence-electron chi connectivity index (χ3n) is 9.27. The number of nitrogens with zero attached hydrogens (tertiary/aromatic N) is 2. The van der Waals surface area contributed by atoms with Gasteiger partial charge in [-0.05, 0) is 43.7 Å². The molecule has 2 heterocycles. The predicted octanol–water partition coefficient (Wildman–Crippen LogP) is 4.76. The van der Waals surface area contributed by atoms with Crippen molar-refractivity contribution in [2.45, 2.75) is 82.0 Å². The van der Waals surface area contributed by atoms with E-state index in [0.717, 1.165) is 43.2 Å². The van der Waals surface area contributed by atoms with E-state index in [4.69, 9.17) is 9.47 Å². The second kappa shape index (κ2) is 14.6. The quantitative estimate of drug-likeness (QED) is 0.440. The first kappa shape index (κ1) is 31.3. The van der Waals surface area contributed by atoms with Crippen molar-refractivity contribution >= 4 is 24.0 Å². The van der Waals surface area contributed by atoms with Gasteiger partial charge in [-0.25, -0.2) is 9.59 Å². The van der Waals surface area contributed by atoms with Gasteiger partial charge in [0.2, 0.25) is 5.91 Å². The van der Waals surface area contributed by atoms with Crippen molar-refractivity contribution in [1.82, 2.24) is 20.4 Å². The summed E-state index contributed by atoms with van der Waals surface area (Å²) in [7, 11) is 1.35. The molecule has 10 heteroatoms. The van der Waals surface area contributed by atoms with E-state index >= 15 is 0 Å². The van der Waals surface area contributed by atoms with Gasteiger partial charge in [-0.1, -0.05) is 79.9 Å². The molecular weight excluding hydrogens is 560 g/mol. The van der Waals surface area contributed by atoms with Gasteiger partial charge in [0.05, 0.1) is 25.7 Å². The van der Waals surface area contributed by atoms with Crippen LogP contribution >= 0.6 is 0 Å². The van der Waals surface area contributed by atoms with Crippen LogP contribution in [0.2, 0.25) is 0 Å². The van der Waals surface area contributed by atoms with Crippen molar-refractivity contribution in [3.8, 4) is 0 Å². The van der Waals surface area contributed by atoms with Crippen molar-refractivity contribution in [2.24, 2.45) is 5.92 Å². The fourth-order valence-corrected chi connectivity index (χ4v) is 7.15. The Hall–Kier alpha value is -4.08. The summed E-state index contributed by atoms with van der Waals surface area (Å²) in [5.41, 5.74) is 1.55. The topological polar surface area (TPSA) is 117 Å². The van der Waals surface area contributed by atoms with Crippen LogP contribution in [0.1, 0.15) is 75.0 Å². The minimum Gasteiger partial charge on any atom is -0.469 e. The Morgan fingerprint density at radius 3 is 1.98 bits per heavy atom. The van der Waals surface area contributed by atoms with Crippen molar-refractivity contribution in [3.05, 3.63) is 71.8 Å². The zero-order valence-corrected chi connectivity index (χ0v) is 25.7. The fraction of sp³-hybridized carbons (Fsp3) is 0.529. The number of hydrogen-bond acceptors (Lipinski definition) is 6. The first-order chi connectivity index (χ1) is 21.4. The Balaban J connectivity index is 1.52. The van der Waals surface area contributed by atoms with Crippen molar-refractivity contribution in [2.75, 3.05) is 26.8 Å². The molecule has 2 aromatic carbocycles. The van der Waals surface area contributed by atoms with Gasteiger partial charge < -0.3 is 29.9 Å². The van der Waals surface area contributed by atoms with E-state index in [1.807, 2.05) is 60.7 Å². The van der Waals surface area contributed by atoms with Gasteiger partial charge in [0.1, 0.15) is 6.04 Å². The van der Waals surface area contributed by atoms with Gasteiger partial charge in [-0.15, -0.1) is 0 Å². The number of carbonyl (C=O) groups is 4. The molecule has 2 N–H and O–H groups in total. The van der Waals surface area contributed by atoms with Crippen LogP contribution in [0.25, 0.3) is 0 Å². The number of likely N-dealkylation sites (tertiary alicyclic amines) is 2. The van der Waals surface area contributed by atoms with E-state index in [-0.39, 0.29) is 30.1 Å². The Kier molecular flexibility index (Phi) is 10.4. The maximum absolute atomic E-state index is 14.5. The maximum atomic E-state index is 14.5. The number of ether oxygens (including phenoxy) is 2. The summed E-state index contributed by atoms with van der Waals surface area (Å²) in [5.74, 6) is -2.25. The van der Waals surface area contributed by atoms with Gasteiger partial charge in [0.25, 0.3) is 0 Å². The summed E-state index contributed by atoms with van der Waals surface area (Å²) in [5, 5.41) is 6.42. The minimum atomic E-state index is -0.974. The van der Waals surface area contributed by atoms with Crippen molar-refractivity contribution in [3.63, 3.8) is 0 Å². The SMILES string of the molecule is CCOC(=O)N1CCC(NC(=O)C2C(c3ccccc3)C(C(=O)OC)C(c3ccccc3)N2C(=O)NC2CCCCC2)CC1. The lowest BCUT2D eigenvalue weighted by atomic mass is 9.79. The van der Waals surface area contributed by atoms with E-state index in [1.165, 1.54) is 7.11 Å². The highest BCUT2D eigenvalue weighted by atomic mass is 16.6. The van der Waals surface area contributed by atoms with Crippen LogP contribution in [0.3, 0.4) is 0 Å². The van der Waals surface area contributed by atoms with E-state index < -0.39 is 29.9 Å². The number of amides is 4. The average molecular weight is 605 g/mol. The molecule has 4 amide bonds. The molecule has 3 fully saturated rings. The summed E-state index contributed by atoms with van der Waals surface area (Å²) in [4.78, 5) is 58.0. The van der Waals surface area contributed by atoms with Gasteiger partial charge in [0, 0.05) is 31.1 Å². The van der Waals surface area contributed by atoms with Crippen LogP contribution in [0.5, 0.6) is 0 Å². The molecule has 236 valence electrons. The lowest BCUT2D eigenvalue weighted by molar-refractivity contribution is -0.146. The lowest BCUT2D eigenvalue weighted by Gasteiger charge is -2.36. The summed E-state index contributed by atoms with van der Waals surface area (Å²) in [6.45, 7) is 3.00. The number of rotatable bonds is 7. The molecule has 1 aliphatic carbocycles. The van der Waals surface area contributed by atoms with Gasteiger partial charge in [0.15, 0.2) is 0 Å². The first-order valence-electron chi connectivity index (χ1n) is 15.9. The van der Waals surface area contributed by atoms with E-state index in [9.17, 15) is 19.2 Å². The highest BCUT2D eigenvalue weighted by Gasteiger charge is 2.58. The van der Waals surface area contributed by atoms with Crippen molar-refractivity contribution in [1.29, 1.82) is 0 Å². The van der Waals surface area contributed by atoms with E-state index in [1.54, 1.807) is 16.7 Å². The second-order valence-corrected chi connectivity index (χ2v) is 11.9. The number of benzene rings is 2. The number of carbonyl (C=O) groups excluding carboxylic acids is 4. The van der Waals surface area contributed by atoms with Crippen LogP contribution in [-0.4, -0.2) is 78.7 Å². The summed E-state index contributed by atoms with van der Waals surface area (Å²) in [6, 6.07) is 16.7. The van der Waals surface area contributed by atoms with E-state index in [0.29, 0.717) is 32.5 Å². The smallest absolute Gasteiger partial charge is 0.409 e. The predicted molar refractivity (Wildman–Crippen MR) is 165 cm³/mol. The number of methoxy groups -OCH3 is 1. The van der Waals surface area contributed by atoms with Crippen LogP contribution in [0.4, 0.5) is 9.59 Å². The number of esters is 1. The summed E-state index contributed by atoms with van der Waals surface area (Å²) in [6.07, 6.45) is 5.76. The fourth-order valence-electron chi connectivity index (χ4n) is 7.15. The van der Waals surface area contributed by atoms with Gasteiger partial charge in [-0.3, -0.25) is 9.59 Å². The van der Waals surface area contributed by atoms with Crippen LogP contribution in [0.15, 0.2) is 60.7 Å². The summed E-state index contributed by atoms with van der Waals surface area (Å²) >= 11 is 0. The zero-order chi connectivity index (χ0) is 31.1. The van der Waals surface area contributed by atoms with Crippen LogP contribution in [-0.2, 0) is 19.1 Å². The first-order valence-corrected chi connectivity index (χ1v) is 15.9. The average Bonchev–Trinajstić information content (AvgIpc) is 3.43. The van der Waals surface area contributed by atoms with Gasteiger partial charge >= 0.3 is 18.1 Å². The molecule has 0 spiro atoms. The van der Waals surface area contributed by atoms with Crippen molar-refractivity contribution < 1.29 is 28.7 Å². The Labute approximate surface area is 259 Å². The monoisotopic (exact) mass is 604 g/mol. The van der Waals surface area contributed by atoms with Crippen LogP contribution < -0.4 is 10.6 Å². The Morgan fingerprint density at radius 1 is 0.795 bits per heavy atom. The second-order valence-electron chi connectivity index (χ2n) is 11.9. The lowest BCUT2D eigenvalue weighted by Crippen LogP contribution is -2.56. The minimum absolute atomic E-state index is 0.0101. The molecule has 44 heavy (non-hydrogen) atoms. The molecule has 2 aromatic rings. The maximum Gasteiger partial charge on any atom is 0.409 e. The Morgan fingerprint density at radius 2 is 1.39 bits per heavy atom. The molecule has 5 rings (SSSR count). The molecule has 4 atom stereocenters. The molecule has 4 unspecified atom stereocenters. The molecular formula is C34H44N4O6. The highest BCUT2D eigenvalue weighted by Crippen LogP contribution is 2.50. The number of piperidine rings is 1. The molecule has 10 nitrogen and oxygen atoms in total. The number of hydrogen-bond donors (Lipinski definition) is 2. The third kappa shape index (κ3) is 6.84. The largest absolute Gasteiger partial charge is 0.469 e. The number of urea groups is 1.